The van der Waals surface area contributed by atoms with Gasteiger partial charge in [-0.2, -0.15) is 0 Å². The van der Waals surface area contributed by atoms with Gasteiger partial charge in [0.1, 0.15) is 5.75 Å². The molecule has 0 amide bonds. The Bertz CT molecular complexity index is 355. The number of hydrogen-bond acceptors (Lipinski definition) is 3. The first-order chi connectivity index (χ1) is 8.06. The van der Waals surface area contributed by atoms with Crippen LogP contribution in [0.1, 0.15) is 32.4 Å². The van der Waals surface area contributed by atoms with Crippen molar-refractivity contribution in [1.82, 2.24) is 0 Å². The number of halogens is 1. The maximum absolute atomic E-state index is 5.66. The average molecular weight is 303 g/mol. The smallest absolute Gasteiger partial charge is 0.196 e. The van der Waals surface area contributed by atoms with Gasteiger partial charge in [-0.15, -0.1) is 0 Å². The summed E-state index contributed by atoms with van der Waals surface area (Å²) in [6.45, 7) is 6.46. The van der Waals surface area contributed by atoms with Crippen LogP contribution in [0.2, 0.25) is 0 Å². The van der Waals surface area contributed by atoms with E-state index in [1.807, 2.05) is 39.0 Å². The minimum Gasteiger partial charge on any atom is -0.465 e. The Labute approximate surface area is 111 Å². The highest BCUT2D eigenvalue weighted by Gasteiger charge is 2.09. The zero-order chi connectivity index (χ0) is 12.8. The number of methoxy groups -OCH3 is 1. The quantitative estimate of drug-likeness (QED) is 0.746. The minimum absolute atomic E-state index is 0.0391. The van der Waals surface area contributed by atoms with Crippen LogP contribution in [0.15, 0.2) is 22.7 Å². The molecule has 2 atom stereocenters. The van der Waals surface area contributed by atoms with Crippen molar-refractivity contribution in [2.75, 3.05) is 13.7 Å². The van der Waals surface area contributed by atoms with Gasteiger partial charge in [-0.25, -0.2) is 0 Å². The molecule has 1 rings (SSSR count). The second-order valence-electron chi connectivity index (χ2n) is 3.74. The van der Waals surface area contributed by atoms with Crippen LogP contribution >= 0.6 is 15.9 Å². The third-order valence-electron chi connectivity index (χ3n) is 2.42. The van der Waals surface area contributed by atoms with Crippen molar-refractivity contribution in [3.8, 4) is 5.75 Å². The maximum Gasteiger partial charge on any atom is 0.196 e. The average Bonchev–Trinajstić information content (AvgIpc) is 2.27. The van der Waals surface area contributed by atoms with E-state index in [9.17, 15) is 0 Å². The van der Waals surface area contributed by atoms with E-state index in [1.165, 1.54) is 0 Å². The summed E-state index contributed by atoms with van der Waals surface area (Å²) in [5.74, 6) is 0.777. The van der Waals surface area contributed by atoms with Gasteiger partial charge in [0, 0.05) is 18.2 Å². The summed E-state index contributed by atoms with van der Waals surface area (Å²) in [6, 6.07) is 5.90. The van der Waals surface area contributed by atoms with Gasteiger partial charge in [0.2, 0.25) is 0 Å². The molecule has 3 nitrogen and oxygen atoms in total. The molecule has 0 aliphatic heterocycles. The molecule has 1 aromatic rings. The molecule has 2 unspecified atom stereocenters. The lowest BCUT2D eigenvalue weighted by Crippen LogP contribution is -2.16. The van der Waals surface area contributed by atoms with Crippen LogP contribution in [0, 0.1) is 0 Å². The number of ether oxygens (including phenoxy) is 3. The Morgan fingerprint density at radius 1 is 1.24 bits per heavy atom. The maximum atomic E-state index is 5.66. The van der Waals surface area contributed by atoms with Crippen LogP contribution in [-0.2, 0) is 9.47 Å². The van der Waals surface area contributed by atoms with Crippen LogP contribution in [-0.4, -0.2) is 20.0 Å². The zero-order valence-corrected chi connectivity index (χ0v) is 12.3. The van der Waals surface area contributed by atoms with Gasteiger partial charge in [0.05, 0.1) is 6.10 Å². The molecular weight excluding hydrogens is 284 g/mol. The highest BCUT2D eigenvalue weighted by atomic mass is 79.9. The third-order valence-corrected chi connectivity index (χ3v) is 2.88. The first-order valence-electron chi connectivity index (χ1n) is 5.68. The summed E-state index contributed by atoms with van der Waals surface area (Å²) < 4.78 is 17.3. The summed E-state index contributed by atoms with van der Waals surface area (Å²) >= 11 is 3.46. The van der Waals surface area contributed by atoms with E-state index in [1.54, 1.807) is 7.11 Å². The molecule has 0 saturated heterocycles. The molecule has 0 spiro atoms. The fourth-order valence-electron chi connectivity index (χ4n) is 1.48. The molecule has 1 aromatic carbocycles. The van der Waals surface area contributed by atoms with E-state index >= 15 is 0 Å². The van der Waals surface area contributed by atoms with Gasteiger partial charge in [-0.1, -0.05) is 15.9 Å². The molecule has 0 radical (unpaired) electrons. The molecular formula is C13H19BrO3. The normalized spacial score (nSPS) is 14.4. The molecule has 17 heavy (non-hydrogen) atoms. The van der Waals surface area contributed by atoms with E-state index in [2.05, 4.69) is 15.9 Å². The zero-order valence-electron chi connectivity index (χ0n) is 10.7. The SMILES string of the molecule is CCOC(C)Oc1cc(Br)cc(C(C)OC)c1. The summed E-state index contributed by atoms with van der Waals surface area (Å²) in [5, 5.41) is 0. The Hall–Kier alpha value is -0.580. The lowest BCUT2D eigenvalue weighted by atomic mass is 10.1. The molecule has 0 aliphatic carbocycles. The van der Waals surface area contributed by atoms with E-state index in [-0.39, 0.29) is 12.4 Å². The van der Waals surface area contributed by atoms with Crippen molar-refractivity contribution in [3.05, 3.63) is 28.2 Å². The van der Waals surface area contributed by atoms with Crippen molar-refractivity contribution in [2.24, 2.45) is 0 Å². The van der Waals surface area contributed by atoms with E-state index in [0.717, 1.165) is 15.8 Å². The van der Waals surface area contributed by atoms with Gasteiger partial charge < -0.3 is 14.2 Å². The monoisotopic (exact) mass is 302 g/mol. The molecule has 0 aliphatic rings. The van der Waals surface area contributed by atoms with Gasteiger partial charge in [-0.3, -0.25) is 0 Å². The second-order valence-corrected chi connectivity index (χ2v) is 4.65. The van der Waals surface area contributed by atoms with E-state index in [0.29, 0.717) is 6.61 Å². The lowest BCUT2D eigenvalue weighted by Gasteiger charge is -2.17. The highest BCUT2D eigenvalue weighted by Crippen LogP contribution is 2.27. The molecule has 96 valence electrons. The van der Waals surface area contributed by atoms with Crippen LogP contribution < -0.4 is 4.74 Å². The molecule has 0 saturated carbocycles. The Morgan fingerprint density at radius 3 is 2.53 bits per heavy atom. The molecule has 4 heteroatoms. The summed E-state index contributed by atoms with van der Waals surface area (Å²) in [7, 11) is 1.69. The molecule has 0 N–H and O–H groups in total. The number of benzene rings is 1. The first kappa shape index (κ1) is 14.5. The van der Waals surface area contributed by atoms with Crippen LogP contribution in [0.3, 0.4) is 0 Å². The fraction of sp³-hybridized carbons (Fsp3) is 0.538. The molecule has 0 bridgehead atoms. The van der Waals surface area contributed by atoms with E-state index in [4.69, 9.17) is 14.2 Å². The highest BCUT2D eigenvalue weighted by molar-refractivity contribution is 9.10. The topological polar surface area (TPSA) is 27.7 Å². The number of hydrogen-bond donors (Lipinski definition) is 0. The Morgan fingerprint density at radius 2 is 1.94 bits per heavy atom. The van der Waals surface area contributed by atoms with Crippen molar-refractivity contribution in [3.63, 3.8) is 0 Å². The van der Waals surface area contributed by atoms with Crippen LogP contribution in [0.25, 0.3) is 0 Å². The molecule has 0 fully saturated rings. The van der Waals surface area contributed by atoms with Crippen molar-refractivity contribution in [2.45, 2.75) is 33.2 Å². The summed E-state index contributed by atoms with van der Waals surface area (Å²) in [6.07, 6.45) is -0.211. The fourth-order valence-corrected chi connectivity index (χ4v) is 1.97. The number of rotatable bonds is 6. The van der Waals surface area contributed by atoms with Crippen molar-refractivity contribution >= 4 is 15.9 Å². The lowest BCUT2D eigenvalue weighted by molar-refractivity contribution is -0.0614. The Kier molecular flexibility index (Phi) is 5.95. The van der Waals surface area contributed by atoms with Gasteiger partial charge in [-0.05, 0) is 44.5 Å². The third kappa shape index (κ3) is 4.66. The van der Waals surface area contributed by atoms with Gasteiger partial charge in [0.15, 0.2) is 6.29 Å². The first-order valence-corrected chi connectivity index (χ1v) is 6.47. The largest absolute Gasteiger partial charge is 0.465 e. The van der Waals surface area contributed by atoms with E-state index < -0.39 is 0 Å². The molecule has 0 heterocycles. The standard InChI is InChI=1S/C13H19BrO3/c1-5-16-10(3)17-13-7-11(9(2)15-4)6-12(14)8-13/h6-10H,5H2,1-4H3. The predicted octanol–water partition coefficient (Wildman–Crippen LogP) is 3.92. The second kappa shape index (κ2) is 6.99. The van der Waals surface area contributed by atoms with Crippen molar-refractivity contribution < 1.29 is 14.2 Å². The minimum atomic E-state index is -0.250. The van der Waals surface area contributed by atoms with Crippen LogP contribution in [0.5, 0.6) is 5.75 Å². The van der Waals surface area contributed by atoms with Gasteiger partial charge >= 0.3 is 0 Å². The van der Waals surface area contributed by atoms with Crippen LogP contribution in [0.4, 0.5) is 0 Å². The predicted molar refractivity (Wildman–Crippen MR) is 71.3 cm³/mol. The van der Waals surface area contributed by atoms with Gasteiger partial charge in [0.25, 0.3) is 0 Å². The molecule has 0 aromatic heterocycles. The summed E-state index contributed by atoms with van der Waals surface area (Å²) in [5.41, 5.74) is 1.07. The van der Waals surface area contributed by atoms with Crippen molar-refractivity contribution in [1.29, 1.82) is 0 Å². The summed E-state index contributed by atoms with van der Waals surface area (Å²) in [4.78, 5) is 0. The Balaban J connectivity index is 2.82.